The number of carbonyl (C=O) groups is 2. The number of hydrogen-bond acceptors (Lipinski definition) is 3. The first-order valence-electron chi connectivity index (χ1n) is 7.43. The number of nitrogens with zero attached hydrogens (tertiary/aromatic N) is 2. The molecule has 0 aromatic heterocycles. The summed E-state index contributed by atoms with van der Waals surface area (Å²) in [5.74, 6) is 0.487. The minimum atomic E-state index is -0.0320. The summed E-state index contributed by atoms with van der Waals surface area (Å²) in [6.45, 7) is 0.749. The van der Waals surface area contributed by atoms with E-state index >= 15 is 0 Å². The Labute approximate surface area is 118 Å². The van der Waals surface area contributed by atoms with Gasteiger partial charge in [-0.2, -0.15) is 0 Å². The van der Waals surface area contributed by atoms with E-state index in [4.69, 9.17) is 0 Å². The summed E-state index contributed by atoms with van der Waals surface area (Å²) in [5.41, 5.74) is 1.16. The molecule has 4 heteroatoms. The van der Waals surface area contributed by atoms with Gasteiger partial charge in [0.05, 0.1) is 18.0 Å². The lowest BCUT2D eigenvalue weighted by Gasteiger charge is -2.29. The zero-order chi connectivity index (χ0) is 13.7. The van der Waals surface area contributed by atoms with Crippen LogP contribution in [0.5, 0.6) is 0 Å². The third kappa shape index (κ3) is 1.57. The molecule has 104 valence electrons. The lowest BCUT2D eigenvalue weighted by molar-refractivity contribution is -0.139. The second kappa shape index (κ2) is 4.42. The van der Waals surface area contributed by atoms with Crippen LogP contribution in [0.2, 0.25) is 0 Å². The predicted molar refractivity (Wildman–Crippen MR) is 73.5 cm³/mol. The number of hydrazine groups is 1. The molecule has 1 aromatic rings. The zero-order valence-corrected chi connectivity index (χ0v) is 11.4. The van der Waals surface area contributed by atoms with E-state index in [1.807, 2.05) is 23.2 Å². The summed E-state index contributed by atoms with van der Waals surface area (Å²) in [5, 5.41) is 4.05. The quantitative estimate of drug-likeness (QED) is 0.783. The number of hydrogen-bond donors (Lipinski definition) is 0. The second-order valence-corrected chi connectivity index (χ2v) is 5.96. The van der Waals surface area contributed by atoms with Crippen molar-refractivity contribution in [3.63, 3.8) is 0 Å². The average molecular weight is 270 g/mol. The molecule has 1 aliphatic carbocycles. The SMILES string of the molecule is O=C1CCC[C@@H]2[C@H]1[C@@H](c1ccccc1)N1CCC(=O)N21. The lowest BCUT2D eigenvalue weighted by Crippen LogP contribution is -2.42. The summed E-state index contributed by atoms with van der Waals surface area (Å²) in [6, 6.07) is 10.3. The van der Waals surface area contributed by atoms with E-state index < -0.39 is 0 Å². The van der Waals surface area contributed by atoms with Gasteiger partial charge in [-0.05, 0) is 18.4 Å². The monoisotopic (exact) mass is 270 g/mol. The lowest BCUT2D eigenvalue weighted by atomic mass is 9.78. The van der Waals surface area contributed by atoms with Gasteiger partial charge in [0.2, 0.25) is 5.91 Å². The maximum atomic E-state index is 12.4. The molecule has 2 heterocycles. The van der Waals surface area contributed by atoms with E-state index in [0.29, 0.717) is 18.6 Å². The fraction of sp³-hybridized carbons (Fsp3) is 0.500. The van der Waals surface area contributed by atoms with Crippen LogP contribution in [-0.2, 0) is 9.59 Å². The van der Waals surface area contributed by atoms with Crippen LogP contribution in [0, 0.1) is 5.92 Å². The van der Waals surface area contributed by atoms with Crippen molar-refractivity contribution in [1.29, 1.82) is 0 Å². The van der Waals surface area contributed by atoms with Gasteiger partial charge in [-0.15, -0.1) is 0 Å². The van der Waals surface area contributed by atoms with Crippen molar-refractivity contribution in [2.75, 3.05) is 6.54 Å². The molecule has 1 amide bonds. The van der Waals surface area contributed by atoms with Crippen molar-refractivity contribution in [2.45, 2.75) is 37.8 Å². The summed E-state index contributed by atoms with van der Waals surface area (Å²) < 4.78 is 0. The van der Waals surface area contributed by atoms with Gasteiger partial charge in [0.1, 0.15) is 5.78 Å². The highest BCUT2D eigenvalue weighted by Crippen LogP contribution is 2.48. The molecule has 3 atom stereocenters. The van der Waals surface area contributed by atoms with Crippen molar-refractivity contribution < 1.29 is 9.59 Å². The molecule has 4 nitrogen and oxygen atoms in total. The van der Waals surface area contributed by atoms with Crippen LogP contribution < -0.4 is 0 Å². The molecule has 0 unspecified atom stereocenters. The summed E-state index contributed by atoms with van der Waals surface area (Å²) >= 11 is 0. The molecule has 3 aliphatic rings. The number of carbonyl (C=O) groups excluding carboxylic acids is 2. The van der Waals surface area contributed by atoms with Crippen LogP contribution in [-0.4, -0.2) is 34.3 Å². The highest BCUT2D eigenvalue weighted by atomic mass is 16.2. The molecule has 1 aromatic carbocycles. The molecule has 20 heavy (non-hydrogen) atoms. The molecule has 0 bridgehead atoms. The van der Waals surface area contributed by atoms with Crippen molar-refractivity contribution in [1.82, 2.24) is 10.0 Å². The second-order valence-electron chi connectivity index (χ2n) is 5.96. The van der Waals surface area contributed by atoms with E-state index in [1.165, 1.54) is 0 Å². The van der Waals surface area contributed by atoms with Crippen LogP contribution in [0.1, 0.15) is 37.3 Å². The molecule has 2 aliphatic heterocycles. The maximum absolute atomic E-state index is 12.4. The van der Waals surface area contributed by atoms with E-state index in [1.54, 1.807) is 0 Å². The molecule has 2 saturated heterocycles. The first-order valence-corrected chi connectivity index (χ1v) is 7.43. The first kappa shape index (κ1) is 12.1. The number of benzene rings is 1. The van der Waals surface area contributed by atoms with Gasteiger partial charge in [-0.25, -0.2) is 5.01 Å². The van der Waals surface area contributed by atoms with Gasteiger partial charge in [0, 0.05) is 19.4 Å². The number of Topliss-reactive ketones (excluding diaryl/α,β-unsaturated/α-hetero) is 1. The van der Waals surface area contributed by atoms with Gasteiger partial charge in [-0.3, -0.25) is 14.6 Å². The minimum Gasteiger partial charge on any atom is -0.299 e. The van der Waals surface area contributed by atoms with Gasteiger partial charge >= 0.3 is 0 Å². The molecular weight excluding hydrogens is 252 g/mol. The van der Waals surface area contributed by atoms with Crippen LogP contribution >= 0.6 is 0 Å². The molecule has 4 rings (SSSR count). The molecule has 3 fully saturated rings. The minimum absolute atomic E-state index is 0.0320. The molecular formula is C16H18N2O2. The number of fused-ring (bicyclic) bond motifs is 3. The molecule has 1 saturated carbocycles. The summed E-state index contributed by atoms with van der Waals surface area (Å²) in [6.07, 6.45) is 3.13. The van der Waals surface area contributed by atoms with Crippen LogP contribution in [0.15, 0.2) is 30.3 Å². The largest absolute Gasteiger partial charge is 0.299 e. The van der Waals surface area contributed by atoms with Crippen molar-refractivity contribution in [3.05, 3.63) is 35.9 Å². The molecule has 0 radical (unpaired) electrons. The third-order valence-corrected chi connectivity index (χ3v) is 4.91. The van der Waals surface area contributed by atoms with Crippen molar-refractivity contribution in [2.24, 2.45) is 5.92 Å². The van der Waals surface area contributed by atoms with E-state index in [-0.39, 0.29) is 23.9 Å². The first-order chi connectivity index (χ1) is 9.77. The number of amides is 1. The third-order valence-electron chi connectivity index (χ3n) is 4.91. The Morgan fingerprint density at radius 1 is 1.05 bits per heavy atom. The zero-order valence-electron chi connectivity index (χ0n) is 11.4. The Balaban J connectivity index is 1.79. The number of rotatable bonds is 1. The molecule has 0 N–H and O–H groups in total. The van der Waals surface area contributed by atoms with Gasteiger partial charge in [0.15, 0.2) is 0 Å². The van der Waals surface area contributed by atoms with Gasteiger partial charge in [0.25, 0.3) is 0 Å². The Kier molecular flexibility index (Phi) is 2.67. The Morgan fingerprint density at radius 2 is 1.85 bits per heavy atom. The topological polar surface area (TPSA) is 40.6 Å². The highest BCUT2D eigenvalue weighted by molar-refractivity contribution is 5.87. The number of ketones is 1. The van der Waals surface area contributed by atoms with Crippen LogP contribution in [0.3, 0.4) is 0 Å². The van der Waals surface area contributed by atoms with E-state index in [0.717, 1.165) is 24.9 Å². The van der Waals surface area contributed by atoms with Gasteiger partial charge in [-0.1, -0.05) is 30.3 Å². The fourth-order valence-corrected chi connectivity index (χ4v) is 4.15. The Morgan fingerprint density at radius 3 is 2.65 bits per heavy atom. The van der Waals surface area contributed by atoms with Crippen LogP contribution in [0.25, 0.3) is 0 Å². The summed E-state index contributed by atoms with van der Waals surface area (Å²) in [4.78, 5) is 24.6. The summed E-state index contributed by atoms with van der Waals surface area (Å²) in [7, 11) is 0. The van der Waals surface area contributed by atoms with Crippen molar-refractivity contribution in [3.8, 4) is 0 Å². The van der Waals surface area contributed by atoms with E-state index in [9.17, 15) is 9.59 Å². The van der Waals surface area contributed by atoms with E-state index in [2.05, 4.69) is 17.1 Å². The van der Waals surface area contributed by atoms with Crippen molar-refractivity contribution >= 4 is 11.7 Å². The highest BCUT2D eigenvalue weighted by Gasteiger charge is 2.55. The Bertz CT molecular complexity index is 557. The smallest absolute Gasteiger partial charge is 0.238 e. The fourth-order valence-electron chi connectivity index (χ4n) is 4.15. The van der Waals surface area contributed by atoms with Gasteiger partial charge < -0.3 is 0 Å². The molecule has 0 spiro atoms. The van der Waals surface area contributed by atoms with Crippen LogP contribution in [0.4, 0.5) is 0 Å². The Hall–Kier alpha value is -1.68. The predicted octanol–water partition coefficient (Wildman–Crippen LogP) is 1.93. The maximum Gasteiger partial charge on any atom is 0.238 e. The average Bonchev–Trinajstić information content (AvgIpc) is 3.00. The standard InChI is InChI=1S/C16H18N2O2/c19-13-8-4-7-12-15(13)16(11-5-2-1-3-6-11)17-10-9-14(20)18(12)17/h1-3,5-6,12,15-16H,4,7-10H2/t12-,15-,16-/m1/s1. The normalized spacial score (nSPS) is 33.4.